The number of hydrogen-bond acceptors (Lipinski definition) is 3. The molecule has 68 valence electrons. The van der Waals surface area contributed by atoms with Crippen molar-refractivity contribution in [1.29, 1.82) is 0 Å². The van der Waals surface area contributed by atoms with E-state index in [1.807, 2.05) is 0 Å². The number of fused-ring (bicyclic) bond motifs is 1. The molecule has 0 spiro atoms. The Balaban J connectivity index is 1.94. The van der Waals surface area contributed by atoms with Gasteiger partial charge in [-0.15, -0.1) is 0 Å². The molecular formula is C9H15NO2. The Kier molecular flexibility index (Phi) is 2.05. The predicted octanol–water partition coefficient (Wildman–Crippen LogP) is 0.690. The molecule has 0 aromatic rings. The van der Waals surface area contributed by atoms with E-state index >= 15 is 0 Å². The fraction of sp³-hybridized carbons (Fsp3) is 0.889. The van der Waals surface area contributed by atoms with Gasteiger partial charge in [-0.05, 0) is 25.2 Å². The van der Waals surface area contributed by atoms with Crippen molar-refractivity contribution < 1.29 is 9.53 Å². The summed E-state index contributed by atoms with van der Waals surface area (Å²) in [6, 6.07) is 0.569. The normalized spacial score (nSPS) is 39.6. The van der Waals surface area contributed by atoms with Crippen LogP contribution >= 0.6 is 0 Å². The first kappa shape index (κ1) is 8.05. The lowest BCUT2D eigenvalue weighted by Gasteiger charge is -2.09. The monoisotopic (exact) mass is 169 g/mol. The third-order valence-electron chi connectivity index (χ3n) is 3.10. The largest absolute Gasteiger partial charge is 0.468 e. The van der Waals surface area contributed by atoms with E-state index in [2.05, 4.69) is 5.32 Å². The number of methoxy groups -OCH3 is 1. The molecule has 1 N–H and O–H groups in total. The number of nitrogens with one attached hydrogen (secondary N) is 1. The molecule has 2 fully saturated rings. The van der Waals surface area contributed by atoms with Gasteiger partial charge in [-0.3, -0.25) is 4.79 Å². The Hall–Kier alpha value is -0.570. The quantitative estimate of drug-likeness (QED) is 0.587. The molecule has 0 aromatic heterocycles. The van der Waals surface area contributed by atoms with Gasteiger partial charge in [-0.1, -0.05) is 6.42 Å². The average Bonchev–Trinajstić information content (AvgIpc) is 2.60. The van der Waals surface area contributed by atoms with Gasteiger partial charge in [0.2, 0.25) is 0 Å². The van der Waals surface area contributed by atoms with Crippen LogP contribution in [0.15, 0.2) is 0 Å². The van der Waals surface area contributed by atoms with E-state index in [4.69, 9.17) is 4.74 Å². The van der Waals surface area contributed by atoms with E-state index in [9.17, 15) is 4.79 Å². The van der Waals surface area contributed by atoms with Gasteiger partial charge in [0, 0.05) is 6.04 Å². The van der Waals surface area contributed by atoms with Gasteiger partial charge < -0.3 is 10.1 Å². The van der Waals surface area contributed by atoms with Crippen molar-refractivity contribution in [2.75, 3.05) is 7.11 Å². The minimum absolute atomic E-state index is 0.0229. The maximum absolute atomic E-state index is 11.2. The maximum atomic E-state index is 11.2. The van der Waals surface area contributed by atoms with Gasteiger partial charge in [0.15, 0.2) is 0 Å². The lowest BCUT2D eigenvalue weighted by atomic mass is 10.0. The van der Waals surface area contributed by atoms with E-state index in [0.717, 1.165) is 12.3 Å². The van der Waals surface area contributed by atoms with Crippen molar-refractivity contribution in [1.82, 2.24) is 5.32 Å². The maximum Gasteiger partial charge on any atom is 0.322 e. The zero-order valence-corrected chi connectivity index (χ0v) is 7.38. The number of carbonyl (C=O) groups is 1. The highest BCUT2D eigenvalue weighted by atomic mass is 16.5. The van der Waals surface area contributed by atoms with Gasteiger partial charge in [0.05, 0.1) is 7.11 Å². The topological polar surface area (TPSA) is 38.3 Å². The van der Waals surface area contributed by atoms with E-state index in [1.165, 1.54) is 26.4 Å². The summed E-state index contributed by atoms with van der Waals surface area (Å²) in [7, 11) is 1.46. The lowest BCUT2D eigenvalue weighted by Crippen LogP contribution is -2.35. The van der Waals surface area contributed by atoms with E-state index in [-0.39, 0.29) is 12.0 Å². The standard InChI is InChI=1S/C9H15NO2/c1-12-9(11)8-5-6-3-2-4-7(6)10-8/h6-8,10H,2-5H2,1H3/t6-,7-,8-/m0/s1. The van der Waals surface area contributed by atoms with Crippen LogP contribution in [0.3, 0.4) is 0 Å². The fourth-order valence-corrected chi connectivity index (χ4v) is 2.47. The molecule has 0 radical (unpaired) electrons. The summed E-state index contributed by atoms with van der Waals surface area (Å²) in [5, 5.41) is 3.33. The Bertz CT molecular complexity index is 181. The second-order valence-corrected chi connectivity index (χ2v) is 3.78. The average molecular weight is 169 g/mol. The SMILES string of the molecule is COC(=O)[C@@H]1C[C@@H]2CCC[C@@H]2N1. The highest BCUT2D eigenvalue weighted by molar-refractivity contribution is 5.76. The van der Waals surface area contributed by atoms with Crippen LogP contribution in [0.25, 0.3) is 0 Å². The number of esters is 1. The zero-order valence-electron chi connectivity index (χ0n) is 7.38. The molecule has 1 aliphatic carbocycles. The zero-order chi connectivity index (χ0) is 8.55. The molecule has 0 unspecified atom stereocenters. The number of carbonyl (C=O) groups excluding carboxylic acids is 1. The Morgan fingerprint density at radius 3 is 3.00 bits per heavy atom. The van der Waals surface area contributed by atoms with Crippen LogP contribution in [0.5, 0.6) is 0 Å². The molecule has 0 aromatic carbocycles. The molecule has 0 amide bonds. The van der Waals surface area contributed by atoms with E-state index in [1.54, 1.807) is 0 Å². The summed E-state index contributed by atoms with van der Waals surface area (Å²) in [6.07, 6.45) is 4.82. The highest BCUT2D eigenvalue weighted by Crippen LogP contribution is 2.34. The van der Waals surface area contributed by atoms with Crippen molar-refractivity contribution in [3.63, 3.8) is 0 Å². The van der Waals surface area contributed by atoms with Crippen LogP contribution in [-0.2, 0) is 9.53 Å². The lowest BCUT2D eigenvalue weighted by molar-refractivity contribution is -0.142. The van der Waals surface area contributed by atoms with Gasteiger partial charge in [0.1, 0.15) is 6.04 Å². The van der Waals surface area contributed by atoms with Crippen LogP contribution in [0.4, 0.5) is 0 Å². The summed E-state index contributed by atoms with van der Waals surface area (Å²) in [5.74, 6) is 0.637. The number of hydrogen-bond donors (Lipinski definition) is 1. The van der Waals surface area contributed by atoms with Gasteiger partial charge in [-0.25, -0.2) is 0 Å². The minimum Gasteiger partial charge on any atom is -0.468 e. The Labute approximate surface area is 72.5 Å². The van der Waals surface area contributed by atoms with E-state index < -0.39 is 0 Å². The third kappa shape index (κ3) is 1.22. The van der Waals surface area contributed by atoms with Crippen LogP contribution in [0, 0.1) is 5.92 Å². The second kappa shape index (κ2) is 3.05. The smallest absolute Gasteiger partial charge is 0.322 e. The molecule has 3 atom stereocenters. The molecule has 2 aliphatic rings. The third-order valence-corrected chi connectivity index (χ3v) is 3.10. The Morgan fingerprint density at radius 1 is 1.50 bits per heavy atom. The molecule has 0 bridgehead atoms. The van der Waals surface area contributed by atoms with Crippen molar-refractivity contribution in [2.24, 2.45) is 5.92 Å². The van der Waals surface area contributed by atoms with Gasteiger partial charge in [0.25, 0.3) is 0 Å². The van der Waals surface area contributed by atoms with Crippen LogP contribution in [0.1, 0.15) is 25.7 Å². The van der Waals surface area contributed by atoms with Crippen molar-refractivity contribution in [3.05, 3.63) is 0 Å². The minimum atomic E-state index is -0.0931. The van der Waals surface area contributed by atoms with Crippen LogP contribution in [-0.4, -0.2) is 25.2 Å². The van der Waals surface area contributed by atoms with Gasteiger partial charge >= 0.3 is 5.97 Å². The summed E-state index contributed by atoms with van der Waals surface area (Å²) in [5.41, 5.74) is 0. The predicted molar refractivity (Wildman–Crippen MR) is 44.7 cm³/mol. The van der Waals surface area contributed by atoms with Crippen molar-refractivity contribution in [3.8, 4) is 0 Å². The molecule has 3 nitrogen and oxygen atoms in total. The van der Waals surface area contributed by atoms with Crippen molar-refractivity contribution in [2.45, 2.75) is 37.8 Å². The Morgan fingerprint density at radius 2 is 2.33 bits per heavy atom. The molecule has 12 heavy (non-hydrogen) atoms. The molecule has 3 heteroatoms. The summed E-state index contributed by atoms with van der Waals surface area (Å²) in [4.78, 5) is 11.2. The van der Waals surface area contributed by atoms with E-state index in [0.29, 0.717) is 6.04 Å². The van der Waals surface area contributed by atoms with Crippen LogP contribution in [0.2, 0.25) is 0 Å². The summed E-state index contributed by atoms with van der Waals surface area (Å²) >= 11 is 0. The van der Waals surface area contributed by atoms with Crippen LogP contribution < -0.4 is 5.32 Å². The molecule has 2 rings (SSSR count). The summed E-state index contributed by atoms with van der Waals surface area (Å²) < 4.78 is 4.70. The second-order valence-electron chi connectivity index (χ2n) is 3.78. The molecule has 1 heterocycles. The number of ether oxygens (including phenoxy) is 1. The fourth-order valence-electron chi connectivity index (χ4n) is 2.47. The van der Waals surface area contributed by atoms with Crippen molar-refractivity contribution >= 4 is 5.97 Å². The summed E-state index contributed by atoms with van der Waals surface area (Å²) in [6.45, 7) is 0. The first-order valence-corrected chi connectivity index (χ1v) is 4.65. The first-order chi connectivity index (χ1) is 5.81. The highest BCUT2D eigenvalue weighted by Gasteiger charge is 2.39. The molecule has 1 aliphatic heterocycles. The molecular weight excluding hydrogens is 154 g/mol. The molecule has 1 saturated carbocycles. The molecule has 1 saturated heterocycles. The van der Waals surface area contributed by atoms with Gasteiger partial charge in [-0.2, -0.15) is 0 Å². The first-order valence-electron chi connectivity index (χ1n) is 4.65. The number of rotatable bonds is 1.